The number of nitrogens with two attached hydrogens (primary N) is 1. The molecule has 1 aromatic rings. The van der Waals surface area contributed by atoms with Crippen molar-refractivity contribution in [1.82, 2.24) is 0 Å². The van der Waals surface area contributed by atoms with Crippen molar-refractivity contribution < 1.29 is 52.4 Å². The van der Waals surface area contributed by atoms with Crippen LogP contribution in [0.25, 0.3) is 0 Å². The van der Waals surface area contributed by atoms with Crippen LogP contribution in [0, 0.1) is 0 Å². The fourth-order valence-corrected chi connectivity index (χ4v) is 2.00. The Morgan fingerprint density at radius 3 is 2.44 bits per heavy atom. The van der Waals surface area contributed by atoms with Crippen LogP contribution in [0.15, 0.2) is 24.3 Å². The van der Waals surface area contributed by atoms with E-state index in [-0.39, 0.29) is 36.0 Å². The third-order valence-corrected chi connectivity index (χ3v) is 2.80. The van der Waals surface area contributed by atoms with Gasteiger partial charge in [-0.1, -0.05) is 24.3 Å². The predicted molar refractivity (Wildman–Crippen MR) is 58.4 cm³/mol. The van der Waals surface area contributed by atoms with E-state index in [2.05, 4.69) is 0 Å². The molecule has 0 aliphatic heterocycles. The molecule has 0 radical (unpaired) electrons. The zero-order chi connectivity index (χ0) is 13.1. The first-order valence-electron chi connectivity index (χ1n) is 4.77. The van der Waals surface area contributed by atoms with Gasteiger partial charge in [0.25, 0.3) is 10.1 Å². The second kappa shape index (κ2) is 7.22. The normalized spacial score (nSPS) is 12.6. The SMILES string of the molecule is N[C@@H](Cc1cccc(CS(=O)(=O)O)c1)C(=O)[O-].[Na+]. The van der Waals surface area contributed by atoms with Crippen molar-refractivity contribution >= 4 is 16.1 Å². The Morgan fingerprint density at radius 1 is 1.39 bits per heavy atom. The molecule has 0 spiro atoms. The minimum atomic E-state index is -4.10. The minimum Gasteiger partial charge on any atom is -0.548 e. The summed E-state index contributed by atoms with van der Waals surface area (Å²) in [5, 5.41) is 10.4. The van der Waals surface area contributed by atoms with Crippen LogP contribution in [0.1, 0.15) is 11.1 Å². The van der Waals surface area contributed by atoms with Crippen LogP contribution in [-0.4, -0.2) is 25.0 Å². The van der Waals surface area contributed by atoms with E-state index in [1.165, 1.54) is 12.1 Å². The van der Waals surface area contributed by atoms with Crippen LogP contribution < -0.4 is 40.4 Å². The summed E-state index contributed by atoms with van der Waals surface area (Å²) in [4.78, 5) is 10.4. The Balaban J connectivity index is 0.00000289. The van der Waals surface area contributed by atoms with Crippen molar-refractivity contribution in [2.75, 3.05) is 0 Å². The van der Waals surface area contributed by atoms with Gasteiger partial charge in [-0.25, -0.2) is 0 Å². The molecule has 94 valence electrons. The number of carboxylic acids is 1. The number of rotatable bonds is 5. The van der Waals surface area contributed by atoms with E-state index in [0.717, 1.165) is 0 Å². The van der Waals surface area contributed by atoms with E-state index in [0.29, 0.717) is 11.1 Å². The molecule has 1 atom stereocenters. The second-order valence-corrected chi connectivity index (χ2v) is 5.13. The van der Waals surface area contributed by atoms with Gasteiger partial charge >= 0.3 is 29.6 Å². The molecule has 0 bridgehead atoms. The van der Waals surface area contributed by atoms with E-state index in [1.807, 2.05) is 0 Å². The topological polar surface area (TPSA) is 121 Å². The summed E-state index contributed by atoms with van der Waals surface area (Å²) in [5.74, 6) is -1.88. The Kier molecular flexibility index (Phi) is 7.05. The molecule has 1 aromatic carbocycles. The summed E-state index contributed by atoms with van der Waals surface area (Å²) in [7, 11) is -4.10. The second-order valence-electron chi connectivity index (χ2n) is 3.68. The number of carbonyl (C=O) groups excluding carboxylic acids is 1. The largest absolute Gasteiger partial charge is 1.00 e. The molecule has 8 heteroatoms. The van der Waals surface area contributed by atoms with Gasteiger partial charge in [0.2, 0.25) is 0 Å². The van der Waals surface area contributed by atoms with E-state index in [4.69, 9.17) is 10.3 Å². The van der Waals surface area contributed by atoms with E-state index < -0.39 is 27.9 Å². The van der Waals surface area contributed by atoms with Gasteiger partial charge in [-0.3, -0.25) is 4.55 Å². The molecule has 0 aromatic heterocycles. The van der Waals surface area contributed by atoms with Gasteiger partial charge in [-0.05, 0) is 17.5 Å². The van der Waals surface area contributed by atoms with Gasteiger partial charge in [0.15, 0.2) is 0 Å². The third kappa shape index (κ3) is 6.48. The molecule has 3 N–H and O–H groups in total. The Labute approximate surface area is 127 Å². The Hall–Kier alpha value is -0.440. The first-order valence-corrected chi connectivity index (χ1v) is 6.38. The quantitative estimate of drug-likeness (QED) is 0.416. The number of hydrogen-bond donors (Lipinski definition) is 2. The van der Waals surface area contributed by atoms with Crippen LogP contribution in [0.4, 0.5) is 0 Å². The Bertz CT molecular complexity index is 517. The van der Waals surface area contributed by atoms with Crippen LogP contribution in [0.2, 0.25) is 0 Å². The molecule has 18 heavy (non-hydrogen) atoms. The molecule has 0 amide bonds. The smallest absolute Gasteiger partial charge is 0.548 e. The van der Waals surface area contributed by atoms with Gasteiger partial charge in [0, 0.05) is 6.04 Å². The summed E-state index contributed by atoms with van der Waals surface area (Å²) in [5.41, 5.74) is 6.24. The number of carbonyl (C=O) groups is 1. The molecule has 0 fully saturated rings. The fraction of sp³-hybridized carbons (Fsp3) is 0.300. The maximum absolute atomic E-state index is 10.7. The molecular weight excluding hydrogens is 269 g/mol. The minimum absolute atomic E-state index is 0. The molecule has 6 nitrogen and oxygen atoms in total. The number of carboxylic acid groups (broad SMARTS) is 1. The van der Waals surface area contributed by atoms with Gasteiger partial charge < -0.3 is 15.6 Å². The number of hydrogen-bond acceptors (Lipinski definition) is 5. The molecule has 0 saturated heterocycles. The molecule has 0 aliphatic rings. The van der Waals surface area contributed by atoms with Gasteiger partial charge in [0.05, 0.1) is 5.97 Å². The molecule has 0 unspecified atom stereocenters. The standard InChI is InChI=1S/C10H13NO5S.Na/c11-9(10(12)13)5-7-2-1-3-8(4-7)6-17(14,15)16;/h1-4,9H,5-6,11H2,(H,12,13)(H,14,15,16);/q;+1/p-1/t9-;/m0./s1. The first-order chi connectivity index (χ1) is 7.78. The average molecular weight is 281 g/mol. The van der Waals surface area contributed by atoms with Crippen LogP contribution in [0.5, 0.6) is 0 Å². The van der Waals surface area contributed by atoms with E-state index in [9.17, 15) is 18.3 Å². The van der Waals surface area contributed by atoms with E-state index >= 15 is 0 Å². The molecule has 0 heterocycles. The fourth-order valence-electron chi connectivity index (χ4n) is 1.39. The molecular formula is C10H12NNaO5S. The van der Waals surface area contributed by atoms with Crippen molar-refractivity contribution in [2.24, 2.45) is 5.73 Å². The van der Waals surface area contributed by atoms with Crippen LogP contribution in [0.3, 0.4) is 0 Å². The summed E-state index contributed by atoms with van der Waals surface area (Å²) >= 11 is 0. The van der Waals surface area contributed by atoms with Gasteiger partial charge in [0.1, 0.15) is 5.75 Å². The zero-order valence-electron chi connectivity index (χ0n) is 9.87. The monoisotopic (exact) mass is 281 g/mol. The summed E-state index contributed by atoms with van der Waals surface area (Å²) in [6, 6.07) is 5.04. The van der Waals surface area contributed by atoms with Crippen LogP contribution >= 0.6 is 0 Å². The summed E-state index contributed by atoms with van der Waals surface area (Å²) in [6.07, 6.45) is 0.0433. The van der Waals surface area contributed by atoms with Crippen molar-refractivity contribution in [2.45, 2.75) is 18.2 Å². The number of aliphatic carboxylic acids is 1. The van der Waals surface area contributed by atoms with Gasteiger partial charge in [-0.15, -0.1) is 0 Å². The van der Waals surface area contributed by atoms with Gasteiger partial charge in [-0.2, -0.15) is 8.42 Å². The first kappa shape index (κ1) is 17.6. The third-order valence-electron chi connectivity index (χ3n) is 2.10. The van der Waals surface area contributed by atoms with E-state index in [1.54, 1.807) is 12.1 Å². The van der Waals surface area contributed by atoms with Crippen LogP contribution in [-0.2, 0) is 27.1 Å². The average Bonchev–Trinajstić information content (AvgIpc) is 2.15. The van der Waals surface area contributed by atoms with Crippen molar-refractivity contribution in [3.05, 3.63) is 35.4 Å². The number of benzene rings is 1. The summed E-state index contributed by atoms with van der Waals surface area (Å²) in [6.45, 7) is 0. The predicted octanol–water partition coefficient (Wildman–Crippen LogP) is -4.30. The van der Waals surface area contributed by atoms with Crippen molar-refractivity contribution in [3.8, 4) is 0 Å². The summed E-state index contributed by atoms with van der Waals surface area (Å²) < 4.78 is 30.0. The molecule has 0 aliphatic carbocycles. The van der Waals surface area contributed by atoms with Crippen molar-refractivity contribution in [1.29, 1.82) is 0 Å². The zero-order valence-corrected chi connectivity index (χ0v) is 12.7. The Morgan fingerprint density at radius 2 is 1.94 bits per heavy atom. The maximum atomic E-state index is 10.7. The molecule has 0 saturated carbocycles. The van der Waals surface area contributed by atoms with Crippen molar-refractivity contribution in [3.63, 3.8) is 0 Å². The maximum Gasteiger partial charge on any atom is 1.00 e. The molecule has 1 rings (SSSR count).